The molecule has 1 aromatic heterocycles. The number of hydrogen-bond donors (Lipinski definition) is 0. The molecule has 0 atom stereocenters. The van der Waals surface area contributed by atoms with Gasteiger partial charge in [-0.25, -0.2) is 0 Å². The lowest BCUT2D eigenvalue weighted by molar-refractivity contribution is 0.245. The molecule has 4 heteroatoms. The molecular weight excluding hydrogens is 210 g/mol. The quantitative estimate of drug-likeness (QED) is 0.775. The van der Waals surface area contributed by atoms with Gasteiger partial charge in [-0.2, -0.15) is 5.10 Å². The monoisotopic (exact) mass is 227 g/mol. The highest BCUT2D eigenvalue weighted by atomic mass is 35.5. The van der Waals surface area contributed by atoms with Crippen molar-refractivity contribution in [2.45, 2.75) is 27.3 Å². The minimum atomic E-state index is 0.450. The van der Waals surface area contributed by atoms with Crippen molar-refractivity contribution in [3.63, 3.8) is 0 Å². The minimum Gasteiger partial charge on any atom is -0.297 e. The van der Waals surface area contributed by atoms with E-state index in [1.807, 2.05) is 6.07 Å². The fraction of sp³-hybridized carbons (Fsp3) is 0.636. The average molecular weight is 228 g/mol. The van der Waals surface area contributed by atoms with E-state index in [0.29, 0.717) is 11.1 Å². The van der Waals surface area contributed by atoms with Crippen molar-refractivity contribution < 1.29 is 0 Å². The summed E-state index contributed by atoms with van der Waals surface area (Å²) in [5.41, 5.74) is 0.974. The summed E-state index contributed by atoms with van der Waals surface area (Å²) >= 11 is 5.68. The molecule has 15 heavy (non-hydrogen) atoms. The zero-order chi connectivity index (χ0) is 11.3. The molecule has 0 aliphatic heterocycles. The Morgan fingerprint density at radius 1 is 1.33 bits per heavy atom. The van der Waals surface area contributed by atoms with E-state index in [1.165, 1.54) is 0 Å². The van der Waals surface area contributed by atoms with E-state index < -0.39 is 0 Å². The summed E-state index contributed by atoms with van der Waals surface area (Å²) in [4.78, 5) is 2.35. The maximum Gasteiger partial charge on any atom is 0.151 e. The maximum atomic E-state index is 5.68. The molecule has 0 aliphatic carbocycles. The van der Waals surface area contributed by atoms with Crippen LogP contribution in [0.3, 0.4) is 0 Å². The molecule has 84 valence electrons. The van der Waals surface area contributed by atoms with Gasteiger partial charge in [0.1, 0.15) is 0 Å². The normalized spacial score (nSPS) is 11.3. The summed E-state index contributed by atoms with van der Waals surface area (Å²) in [5, 5.41) is 8.33. The van der Waals surface area contributed by atoms with Crippen LogP contribution < -0.4 is 0 Å². The zero-order valence-corrected chi connectivity index (χ0v) is 10.3. The van der Waals surface area contributed by atoms with Crippen molar-refractivity contribution in [3.05, 3.63) is 23.0 Å². The summed E-state index contributed by atoms with van der Waals surface area (Å²) in [6.07, 6.45) is 0. The third kappa shape index (κ3) is 4.58. The van der Waals surface area contributed by atoms with E-state index in [4.69, 9.17) is 11.6 Å². The molecule has 0 spiro atoms. The standard InChI is InChI=1S/C11H18ClN3/c1-4-15(7-9(2)3)8-10-5-6-11(12)14-13-10/h5-6,9H,4,7-8H2,1-3H3. The summed E-state index contributed by atoms with van der Waals surface area (Å²) in [5.74, 6) is 0.671. The first-order chi connectivity index (χ1) is 7.11. The molecule has 0 amide bonds. The van der Waals surface area contributed by atoms with E-state index in [2.05, 4.69) is 35.9 Å². The predicted octanol–water partition coefficient (Wildman–Crippen LogP) is 2.61. The molecule has 0 bridgehead atoms. The van der Waals surface area contributed by atoms with Crippen molar-refractivity contribution in [3.8, 4) is 0 Å². The largest absolute Gasteiger partial charge is 0.297 e. The van der Waals surface area contributed by atoms with E-state index in [9.17, 15) is 0 Å². The van der Waals surface area contributed by atoms with Crippen molar-refractivity contribution in [1.29, 1.82) is 0 Å². The molecule has 1 aromatic rings. The Morgan fingerprint density at radius 3 is 2.53 bits per heavy atom. The predicted molar refractivity (Wildman–Crippen MR) is 62.8 cm³/mol. The van der Waals surface area contributed by atoms with Gasteiger partial charge in [-0.15, -0.1) is 5.10 Å². The second kappa shape index (κ2) is 6.03. The van der Waals surface area contributed by atoms with E-state index in [-0.39, 0.29) is 0 Å². The Hall–Kier alpha value is -0.670. The van der Waals surface area contributed by atoms with Gasteiger partial charge in [-0.05, 0) is 24.6 Å². The summed E-state index contributed by atoms with van der Waals surface area (Å²) < 4.78 is 0. The summed E-state index contributed by atoms with van der Waals surface area (Å²) in [6, 6.07) is 3.71. The van der Waals surface area contributed by atoms with Gasteiger partial charge < -0.3 is 0 Å². The number of aromatic nitrogens is 2. The lowest BCUT2D eigenvalue weighted by Crippen LogP contribution is -2.27. The first kappa shape index (κ1) is 12.4. The molecule has 1 rings (SSSR count). The van der Waals surface area contributed by atoms with E-state index in [1.54, 1.807) is 6.07 Å². The van der Waals surface area contributed by atoms with Crippen molar-refractivity contribution in [1.82, 2.24) is 15.1 Å². The van der Waals surface area contributed by atoms with Gasteiger partial charge in [0.2, 0.25) is 0 Å². The van der Waals surface area contributed by atoms with Crippen LogP contribution in [0.5, 0.6) is 0 Å². The van der Waals surface area contributed by atoms with Crippen LogP contribution in [0.15, 0.2) is 12.1 Å². The van der Waals surface area contributed by atoms with Crippen LogP contribution in [0.25, 0.3) is 0 Å². The maximum absolute atomic E-state index is 5.68. The lowest BCUT2D eigenvalue weighted by atomic mass is 10.2. The van der Waals surface area contributed by atoms with Crippen LogP contribution in [0.2, 0.25) is 5.15 Å². The number of hydrogen-bond acceptors (Lipinski definition) is 3. The third-order valence-electron chi connectivity index (χ3n) is 2.14. The average Bonchev–Trinajstić information content (AvgIpc) is 2.19. The van der Waals surface area contributed by atoms with Gasteiger partial charge in [0.05, 0.1) is 5.69 Å². The molecule has 3 nitrogen and oxygen atoms in total. The fourth-order valence-corrected chi connectivity index (χ4v) is 1.58. The minimum absolute atomic E-state index is 0.450. The SMILES string of the molecule is CCN(Cc1ccc(Cl)nn1)CC(C)C. The Kier molecular flexibility index (Phi) is 4.99. The van der Waals surface area contributed by atoms with Crippen LogP contribution >= 0.6 is 11.6 Å². The summed E-state index contributed by atoms with van der Waals surface area (Å²) in [7, 11) is 0. The van der Waals surface area contributed by atoms with E-state index in [0.717, 1.165) is 25.3 Å². The highest BCUT2D eigenvalue weighted by molar-refractivity contribution is 6.29. The molecule has 0 unspecified atom stereocenters. The first-order valence-electron chi connectivity index (χ1n) is 5.32. The molecule has 0 fully saturated rings. The van der Waals surface area contributed by atoms with Crippen LogP contribution in [-0.4, -0.2) is 28.2 Å². The number of nitrogens with zero attached hydrogens (tertiary/aromatic N) is 3. The summed E-state index contributed by atoms with van der Waals surface area (Å²) in [6.45, 7) is 9.56. The first-order valence-corrected chi connectivity index (χ1v) is 5.70. The van der Waals surface area contributed by atoms with Gasteiger partial charge in [-0.1, -0.05) is 32.4 Å². The van der Waals surface area contributed by atoms with Gasteiger partial charge in [0.25, 0.3) is 0 Å². The second-order valence-corrected chi connectivity index (χ2v) is 4.46. The highest BCUT2D eigenvalue weighted by Gasteiger charge is 2.07. The molecular formula is C11H18ClN3. The molecule has 0 radical (unpaired) electrons. The third-order valence-corrected chi connectivity index (χ3v) is 2.34. The van der Waals surface area contributed by atoms with Crippen LogP contribution in [0.4, 0.5) is 0 Å². The number of rotatable bonds is 5. The molecule has 0 aliphatic rings. The Morgan fingerprint density at radius 2 is 2.07 bits per heavy atom. The second-order valence-electron chi connectivity index (χ2n) is 4.07. The Balaban J connectivity index is 2.54. The van der Waals surface area contributed by atoms with Crippen LogP contribution in [0, 0.1) is 5.92 Å². The topological polar surface area (TPSA) is 29.0 Å². The molecule has 0 N–H and O–H groups in total. The fourth-order valence-electron chi connectivity index (χ4n) is 1.48. The highest BCUT2D eigenvalue weighted by Crippen LogP contribution is 2.06. The van der Waals surface area contributed by atoms with Crippen LogP contribution in [-0.2, 0) is 6.54 Å². The van der Waals surface area contributed by atoms with Gasteiger partial charge in [-0.3, -0.25) is 4.90 Å². The molecule has 1 heterocycles. The van der Waals surface area contributed by atoms with Gasteiger partial charge in [0, 0.05) is 13.1 Å². The van der Waals surface area contributed by atoms with Crippen molar-refractivity contribution >= 4 is 11.6 Å². The molecule has 0 saturated carbocycles. The molecule has 0 saturated heterocycles. The smallest absolute Gasteiger partial charge is 0.151 e. The lowest BCUT2D eigenvalue weighted by Gasteiger charge is -2.21. The van der Waals surface area contributed by atoms with Gasteiger partial charge in [0.15, 0.2) is 5.15 Å². The van der Waals surface area contributed by atoms with Crippen molar-refractivity contribution in [2.75, 3.05) is 13.1 Å². The Labute approximate surface area is 96.5 Å². The van der Waals surface area contributed by atoms with Gasteiger partial charge >= 0.3 is 0 Å². The Bertz CT molecular complexity index is 284. The zero-order valence-electron chi connectivity index (χ0n) is 9.57. The van der Waals surface area contributed by atoms with E-state index >= 15 is 0 Å². The van der Waals surface area contributed by atoms with Crippen LogP contribution in [0.1, 0.15) is 26.5 Å². The molecule has 0 aromatic carbocycles. The van der Waals surface area contributed by atoms with Crippen molar-refractivity contribution in [2.24, 2.45) is 5.92 Å². The number of halogens is 1.